The molecule has 2 fully saturated rings. The summed E-state index contributed by atoms with van der Waals surface area (Å²) in [5.74, 6) is -0.0779. The minimum atomic E-state index is -0.380. The number of carbonyl (C=O) groups excluding carboxylic acids is 1. The average molecular weight is 309 g/mol. The Morgan fingerprint density at radius 3 is 2.86 bits per heavy atom. The van der Waals surface area contributed by atoms with Crippen LogP contribution < -0.4 is 15.6 Å². The summed E-state index contributed by atoms with van der Waals surface area (Å²) in [5, 5.41) is 0. The lowest BCUT2D eigenvalue weighted by Gasteiger charge is -2.28. The molecule has 2 heterocycles. The zero-order valence-electron chi connectivity index (χ0n) is 12.3. The molecular formula is C15H20FN3O3. The lowest BCUT2D eigenvalue weighted by molar-refractivity contribution is -0.137. The van der Waals surface area contributed by atoms with Crippen molar-refractivity contribution in [2.24, 2.45) is 0 Å². The molecule has 1 aromatic rings. The van der Waals surface area contributed by atoms with E-state index in [2.05, 4.69) is 10.9 Å². The molecule has 6 nitrogen and oxygen atoms in total. The fourth-order valence-corrected chi connectivity index (χ4v) is 2.65. The molecule has 7 heteroatoms. The van der Waals surface area contributed by atoms with E-state index in [1.54, 1.807) is 18.2 Å². The van der Waals surface area contributed by atoms with Crippen molar-refractivity contribution in [3.63, 3.8) is 0 Å². The van der Waals surface area contributed by atoms with E-state index in [-0.39, 0.29) is 29.6 Å². The second kappa shape index (κ2) is 7.04. The molecule has 2 N–H and O–H groups in total. The van der Waals surface area contributed by atoms with Crippen molar-refractivity contribution < 1.29 is 18.7 Å². The Morgan fingerprint density at radius 2 is 2.09 bits per heavy atom. The van der Waals surface area contributed by atoms with E-state index >= 15 is 0 Å². The largest absolute Gasteiger partial charge is 0.489 e. The van der Waals surface area contributed by atoms with Gasteiger partial charge in [0.2, 0.25) is 5.91 Å². The number of nitrogens with one attached hydrogen (secondary N) is 2. The molecule has 120 valence electrons. The van der Waals surface area contributed by atoms with Crippen LogP contribution in [0.4, 0.5) is 4.39 Å². The highest BCUT2D eigenvalue weighted by atomic mass is 19.1. The van der Waals surface area contributed by atoms with Gasteiger partial charge < -0.3 is 14.4 Å². The van der Waals surface area contributed by atoms with Crippen molar-refractivity contribution in [2.75, 3.05) is 32.9 Å². The van der Waals surface area contributed by atoms with Gasteiger partial charge in [0, 0.05) is 13.1 Å². The van der Waals surface area contributed by atoms with Gasteiger partial charge in [-0.2, -0.15) is 0 Å². The molecule has 0 bridgehead atoms. The van der Waals surface area contributed by atoms with Gasteiger partial charge in [-0.15, -0.1) is 0 Å². The Hall–Kier alpha value is -1.70. The van der Waals surface area contributed by atoms with Crippen LogP contribution in [-0.4, -0.2) is 55.8 Å². The average Bonchev–Trinajstić information content (AvgIpc) is 3.03. The number of morpholine rings is 1. The number of benzene rings is 1. The number of ether oxygens (including phenoxy) is 2. The van der Waals surface area contributed by atoms with Crippen LogP contribution in [0.1, 0.15) is 6.42 Å². The molecule has 2 aliphatic heterocycles. The first-order chi connectivity index (χ1) is 10.7. The molecule has 1 aromatic carbocycles. The van der Waals surface area contributed by atoms with Crippen molar-refractivity contribution >= 4 is 5.91 Å². The molecule has 2 saturated heterocycles. The van der Waals surface area contributed by atoms with E-state index in [1.807, 2.05) is 4.90 Å². The van der Waals surface area contributed by atoms with Gasteiger partial charge in [-0.3, -0.25) is 10.2 Å². The van der Waals surface area contributed by atoms with E-state index in [4.69, 9.17) is 9.47 Å². The number of nitrogens with zero attached hydrogens (tertiary/aromatic N) is 1. The number of halogens is 1. The Morgan fingerprint density at radius 1 is 1.32 bits per heavy atom. The molecule has 0 aliphatic carbocycles. The number of hydrogen-bond acceptors (Lipinski definition) is 5. The van der Waals surface area contributed by atoms with Crippen LogP contribution in [0, 0.1) is 5.82 Å². The smallest absolute Gasteiger partial charge is 0.241 e. The van der Waals surface area contributed by atoms with Crippen LogP contribution in [-0.2, 0) is 9.53 Å². The first-order valence-electron chi connectivity index (χ1n) is 7.49. The molecular weight excluding hydrogens is 289 g/mol. The number of amides is 1. The molecule has 0 radical (unpaired) electrons. The molecule has 0 spiro atoms. The minimum Gasteiger partial charge on any atom is -0.489 e. The molecule has 3 rings (SSSR count). The first kappa shape index (κ1) is 15.2. The predicted molar refractivity (Wildman–Crippen MR) is 77.8 cm³/mol. The van der Waals surface area contributed by atoms with Crippen molar-refractivity contribution in [2.45, 2.75) is 18.5 Å². The molecule has 2 unspecified atom stereocenters. The molecule has 2 atom stereocenters. The fraction of sp³-hybridized carbons (Fsp3) is 0.533. The van der Waals surface area contributed by atoms with Gasteiger partial charge in [-0.1, -0.05) is 12.1 Å². The quantitative estimate of drug-likeness (QED) is 0.837. The Balaban J connectivity index is 1.48. The molecule has 1 amide bonds. The Bertz CT molecular complexity index is 523. The van der Waals surface area contributed by atoms with Gasteiger partial charge in [0.15, 0.2) is 11.6 Å². The maximum Gasteiger partial charge on any atom is 0.241 e. The lowest BCUT2D eigenvalue weighted by atomic mass is 10.1. The minimum absolute atomic E-state index is 0.0328. The lowest BCUT2D eigenvalue weighted by Crippen LogP contribution is -2.49. The monoisotopic (exact) mass is 309 g/mol. The van der Waals surface area contributed by atoms with Gasteiger partial charge >= 0.3 is 0 Å². The van der Waals surface area contributed by atoms with Gasteiger partial charge in [0.25, 0.3) is 0 Å². The number of carbonyl (C=O) groups is 1. The summed E-state index contributed by atoms with van der Waals surface area (Å²) in [4.78, 5) is 14.1. The number of hydrazine groups is 1. The standard InChI is InChI=1S/C15H20FN3O3/c16-12-3-1-2-4-14(12)22-10-11-9-13(18-17-11)15(20)19-5-7-21-8-6-19/h1-4,11,13,17-18H,5-10H2. The van der Waals surface area contributed by atoms with Crippen molar-refractivity contribution in [3.05, 3.63) is 30.1 Å². The highest BCUT2D eigenvalue weighted by Gasteiger charge is 2.33. The zero-order valence-corrected chi connectivity index (χ0v) is 12.3. The van der Waals surface area contributed by atoms with Crippen molar-refractivity contribution in [3.8, 4) is 5.75 Å². The normalized spacial score (nSPS) is 25.2. The van der Waals surface area contributed by atoms with E-state index in [9.17, 15) is 9.18 Å². The molecule has 0 saturated carbocycles. The second-order valence-electron chi connectivity index (χ2n) is 5.45. The third-order valence-corrected chi connectivity index (χ3v) is 3.88. The van der Waals surface area contributed by atoms with Crippen LogP contribution in [0.2, 0.25) is 0 Å². The fourth-order valence-electron chi connectivity index (χ4n) is 2.65. The third kappa shape index (κ3) is 3.55. The van der Waals surface area contributed by atoms with E-state index in [0.29, 0.717) is 39.3 Å². The Labute approximate surface area is 128 Å². The predicted octanol–water partition coefficient (Wildman–Crippen LogP) is 0.298. The number of para-hydroxylation sites is 1. The summed E-state index contributed by atoms with van der Waals surface area (Å²) >= 11 is 0. The van der Waals surface area contributed by atoms with E-state index < -0.39 is 0 Å². The summed E-state index contributed by atoms with van der Waals surface area (Å²) in [6.07, 6.45) is 0.616. The summed E-state index contributed by atoms with van der Waals surface area (Å²) in [5.41, 5.74) is 6.04. The third-order valence-electron chi connectivity index (χ3n) is 3.88. The molecule has 2 aliphatic rings. The van der Waals surface area contributed by atoms with Crippen LogP contribution in [0.3, 0.4) is 0 Å². The van der Waals surface area contributed by atoms with E-state index in [0.717, 1.165) is 0 Å². The second-order valence-corrected chi connectivity index (χ2v) is 5.45. The van der Waals surface area contributed by atoms with Gasteiger partial charge in [0.1, 0.15) is 12.6 Å². The maximum atomic E-state index is 13.5. The van der Waals surface area contributed by atoms with Gasteiger partial charge in [0.05, 0.1) is 19.3 Å². The van der Waals surface area contributed by atoms with Crippen LogP contribution >= 0.6 is 0 Å². The van der Waals surface area contributed by atoms with Crippen molar-refractivity contribution in [1.29, 1.82) is 0 Å². The summed E-state index contributed by atoms with van der Waals surface area (Å²) < 4.78 is 24.2. The zero-order chi connectivity index (χ0) is 15.4. The SMILES string of the molecule is O=C(C1CC(COc2ccccc2F)NN1)N1CCOCC1. The Kier molecular flexibility index (Phi) is 4.87. The number of rotatable bonds is 4. The van der Waals surface area contributed by atoms with Crippen LogP contribution in [0.15, 0.2) is 24.3 Å². The maximum absolute atomic E-state index is 13.5. The highest BCUT2D eigenvalue weighted by Crippen LogP contribution is 2.17. The van der Waals surface area contributed by atoms with Crippen LogP contribution in [0.25, 0.3) is 0 Å². The van der Waals surface area contributed by atoms with Gasteiger partial charge in [-0.05, 0) is 18.6 Å². The topological polar surface area (TPSA) is 62.8 Å². The van der Waals surface area contributed by atoms with E-state index in [1.165, 1.54) is 6.07 Å². The first-order valence-corrected chi connectivity index (χ1v) is 7.49. The van der Waals surface area contributed by atoms with Crippen molar-refractivity contribution in [1.82, 2.24) is 15.8 Å². The van der Waals surface area contributed by atoms with Crippen LogP contribution in [0.5, 0.6) is 5.75 Å². The molecule has 22 heavy (non-hydrogen) atoms. The summed E-state index contributed by atoms with van der Waals surface area (Å²) in [6.45, 7) is 2.75. The summed E-state index contributed by atoms with van der Waals surface area (Å²) in [7, 11) is 0. The summed E-state index contributed by atoms with van der Waals surface area (Å²) in [6, 6.07) is 5.99. The molecule has 0 aromatic heterocycles. The van der Waals surface area contributed by atoms with Gasteiger partial charge in [-0.25, -0.2) is 9.82 Å². The highest BCUT2D eigenvalue weighted by molar-refractivity contribution is 5.82. The number of hydrogen-bond donors (Lipinski definition) is 2.